The van der Waals surface area contributed by atoms with E-state index in [2.05, 4.69) is 10.2 Å². The highest BCUT2D eigenvalue weighted by atomic mass is 16.5. The van der Waals surface area contributed by atoms with E-state index in [1.54, 1.807) is 7.11 Å². The van der Waals surface area contributed by atoms with Gasteiger partial charge in [0.05, 0.1) is 19.2 Å². The fourth-order valence-electron chi connectivity index (χ4n) is 3.84. The van der Waals surface area contributed by atoms with Gasteiger partial charge in [-0.1, -0.05) is 12.8 Å². The Kier molecular flexibility index (Phi) is 6.68. The molecule has 3 rings (SSSR count). The second kappa shape index (κ2) is 9.19. The predicted molar refractivity (Wildman–Crippen MR) is 99.1 cm³/mol. The van der Waals surface area contributed by atoms with E-state index < -0.39 is 0 Å². The number of ether oxygens (including phenoxy) is 1. The summed E-state index contributed by atoms with van der Waals surface area (Å²) in [6.45, 7) is 4.65. The quantitative estimate of drug-likeness (QED) is 0.784. The van der Waals surface area contributed by atoms with Crippen molar-refractivity contribution in [2.45, 2.75) is 38.3 Å². The van der Waals surface area contributed by atoms with E-state index in [4.69, 9.17) is 4.74 Å². The summed E-state index contributed by atoms with van der Waals surface area (Å²) in [7, 11) is 1.63. The lowest BCUT2D eigenvalue weighted by atomic mass is 10.1. The first-order valence-corrected chi connectivity index (χ1v) is 9.63. The van der Waals surface area contributed by atoms with Crippen LogP contribution in [-0.4, -0.2) is 78.7 Å². The molecule has 1 aromatic rings. The number of carbonyl (C=O) groups excluding carboxylic acids is 2. The van der Waals surface area contributed by atoms with Crippen molar-refractivity contribution in [2.75, 3.05) is 46.4 Å². The molecule has 2 aliphatic rings. The molecule has 0 saturated carbocycles. The molecule has 0 aliphatic carbocycles. The number of carbonyl (C=O) groups is 2. The van der Waals surface area contributed by atoms with Gasteiger partial charge < -0.3 is 19.5 Å². The summed E-state index contributed by atoms with van der Waals surface area (Å²) in [5, 5.41) is 3.04. The van der Waals surface area contributed by atoms with Gasteiger partial charge in [0.1, 0.15) is 5.69 Å². The Balaban J connectivity index is 1.56. The number of likely N-dealkylation sites (tertiary alicyclic amines) is 1. The maximum absolute atomic E-state index is 12.7. The molecule has 1 N–H and O–H groups in total. The molecule has 2 amide bonds. The lowest BCUT2D eigenvalue weighted by Gasteiger charge is -2.36. The summed E-state index contributed by atoms with van der Waals surface area (Å²) >= 11 is 0. The maximum atomic E-state index is 12.7. The highest BCUT2D eigenvalue weighted by molar-refractivity contribution is 5.93. The molecule has 0 spiro atoms. The zero-order chi connectivity index (χ0) is 18.4. The van der Waals surface area contributed by atoms with Crippen LogP contribution >= 0.6 is 0 Å². The summed E-state index contributed by atoms with van der Waals surface area (Å²) in [6.07, 6.45) is 6.79. The first kappa shape index (κ1) is 18.9. The molecule has 1 atom stereocenters. The molecule has 144 valence electrons. The van der Waals surface area contributed by atoms with Crippen LogP contribution in [0.3, 0.4) is 0 Å². The van der Waals surface area contributed by atoms with Crippen molar-refractivity contribution in [1.29, 1.82) is 0 Å². The number of rotatable bonds is 7. The highest BCUT2D eigenvalue weighted by Gasteiger charge is 2.32. The van der Waals surface area contributed by atoms with Crippen LogP contribution in [-0.2, 0) is 16.1 Å². The summed E-state index contributed by atoms with van der Waals surface area (Å²) in [5.74, 6) is 0.0504. The minimum atomic E-state index is -0.0503. The van der Waals surface area contributed by atoms with Gasteiger partial charge in [0.2, 0.25) is 5.91 Å². The molecule has 7 nitrogen and oxygen atoms in total. The van der Waals surface area contributed by atoms with Gasteiger partial charge in [-0.05, 0) is 38.1 Å². The van der Waals surface area contributed by atoms with Crippen molar-refractivity contribution in [1.82, 2.24) is 19.7 Å². The number of aromatic nitrogens is 1. The normalized spacial score (nSPS) is 21.3. The van der Waals surface area contributed by atoms with Crippen LogP contribution in [0.4, 0.5) is 0 Å². The monoisotopic (exact) mass is 362 g/mol. The first-order valence-electron chi connectivity index (χ1n) is 9.63. The summed E-state index contributed by atoms with van der Waals surface area (Å²) in [4.78, 5) is 29.2. The molecule has 0 radical (unpaired) electrons. The number of amides is 2. The molecule has 7 heteroatoms. The number of hydrogen-bond donors (Lipinski definition) is 1. The van der Waals surface area contributed by atoms with Crippen LogP contribution in [0.2, 0.25) is 0 Å². The molecule has 1 aromatic heterocycles. The first-order chi connectivity index (χ1) is 12.7. The fraction of sp³-hybridized carbons (Fsp3) is 0.684. The number of fused-ring (bicyclic) bond motifs is 1. The van der Waals surface area contributed by atoms with Crippen LogP contribution in [0.25, 0.3) is 0 Å². The van der Waals surface area contributed by atoms with Gasteiger partial charge in [-0.2, -0.15) is 0 Å². The highest BCUT2D eigenvalue weighted by Crippen LogP contribution is 2.18. The minimum absolute atomic E-state index is 0.00469. The molecule has 1 fully saturated rings. The Bertz CT molecular complexity index is 608. The molecule has 2 aliphatic heterocycles. The third-order valence-corrected chi connectivity index (χ3v) is 5.29. The Hall–Kier alpha value is -1.86. The van der Waals surface area contributed by atoms with E-state index in [9.17, 15) is 9.59 Å². The molecule has 0 aromatic carbocycles. The molecular formula is C19H30N4O3. The smallest absolute Gasteiger partial charge is 0.270 e. The standard InChI is InChI=1S/C19H30N4O3/c1-26-12-11-23-16(14-22-10-6-7-17(22)19(23)25)13-20-18(24)15-21-8-4-2-3-5-9-21/h6-7,10,16H,2-5,8-9,11-15H2,1H3,(H,20,24). The number of methoxy groups -OCH3 is 1. The van der Waals surface area contributed by atoms with Crippen molar-refractivity contribution in [3.05, 3.63) is 24.0 Å². The Morgan fingerprint density at radius 1 is 1.27 bits per heavy atom. The fourth-order valence-corrected chi connectivity index (χ4v) is 3.84. The lowest BCUT2D eigenvalue weighted by molar-refractivity contribution is -0.122. The van der Waals surface area contributed by atoms with Crippen molar-refractivity contribution in [3.63, 3.8) is 0 Å². The van der Waals surface area contributed by atoms with E-state index in [1.165, 1.54) is 25.7 Å². The average Bonchev–Trinajstić information content (AvgIpc) is 2.96. The third-order valence-electron chi connectivity index (χ3n) is 5.29. The van der Waals surface area contributed by atoms with E-state index in [0.717, 1.165) is 13.1 Å². The molecule has 3 heterocycles. The molecule has 1 unspecified atom stereocenters. The zero-order valence-corrected chi connectivity index (χ0v) is 15.7. The van der Waals surface area contributed by atoms with Crippen molar-refractivity contribution in [2.24, 2.45) is 0 Å². The summed E-state index contributed by atoms with van der Waals surface area (Å²) in [5.41, 5.74) is 0.702. The van der Waals surface area contributed by atoms with Gasteiger partial charge in [-0.15, -0.1) is 0 Å². The van der Waals surface area contributed by atoms with Crippen LogP contribution < -0.4 is 5.32 Å². The predicted octanol–water partition coefficient (Wildman–Crippen LogP) is 0.951. The van der Waals surface area contributed by atoms with E-state index in [1.807, 2.05) is 27.8 Å². The van der Waals surface area contributed by atoms with Gasteiger partial charge in [0.15, 0.2) is 0 Å². The van der Waals surface area contributed by atoms with Crippen molar-refractivity contribution in [3.8, 4) is 0 Å². The second-order valence-electron chi connectivity index (χ2n) is 7.19. The Morgan fingerprint density at radius 2 is 2.04 bits per heavy atom. The lowest BCUT2D eigenvalue weighted by Crippen LogP contribution is -2.54. The van der Waals surface area contributed by atoms with Gasteiger partial charge >= 0.3 is 0 Å². The summed E-state index contributed by atoms with van der Waals surface area (Å²) < 4.78 is 7.12. The van der Waals surface area contributed by atoms with Crippen LogP contribution in [0.5, 0.6) is 0 Å². The SMILES string of the molecule is COCCN1C(=O)c2cccn2CC1CNC(=O)CN1CCCCCC1. The average molecular weight is 362 g/mol. The van der Waals surface area contributed by atoms with E-state index in [0.29, 0.717) is 38.5 Å². The largest absolute Gasteiger partial charge is 0.383 e. The van der Waals surface area contributed by atoms with E-state index in [-0.39, 0.29) is 17.9 Å². The van der Waals surface area contributed by atoms with Crippen LogP contribution in [0.15, 0.2) is 18.3 Å². The van der Waals surface area contributed by atoms with Crippen molar-refractivity contribution < 1.29 is 14.3 Å². The van der Waals surface area contributed by atoms with Crippen LogP contribution in [0, 0.1) is 0 Å². The van der Waals surface area contributed by atoms with Gasteiger partial charge in [0, 0.05) is 32.9 Å². The maximum Gasteiger partial charge on any atom is 0.270 e. The minimum Gasteiger partial charge on any atom is -0.383 e. The zero-order valence-electron chi connectivity index (χ0n) is 15.7. The number of hydrogen-bond acceptors (Lipinski definition) is 4. The molecule has 0 bridgehead atoms. The topological polar surface area (TPSA) is 66.8 Å². The second-order valence-corrected chi connectivity index (χ2v) is 7.19. The van der Waals surface area contributed by atoms with Crippen molar-refractivity contribution >= 4 is 11.8 Å². The Morgan fingerprint density at radius 3 is 2.77 bits per heavy atom. The van der Waals surface area contributed by atoms with E-state index >= 15 is 0 Å². The molecule has 26 heavy (non-hydrogen) atoms. The Labute approximate surface area is 155 Å². The molecule has 1 saturated heterocycles. The van der Waals surface area contributed by atoms with Gasteiger partial charge in [-0.25, -0.2) is 0 Å². The summed E-state index contributed by atoms with van der Waals surface area (Å²) in [6, 6.07) is 3.68. The number of nitrogens with zero attached hydrogens (tertiary/aromatic N) is 3. The van der Waals surface area contributed by atoms with Gasteiger partial charge in [0.25, 0.3) is 5.91 Å². The third kappa shape index (κ3) is 4.65. The van der Waals surface area contributed by atoms with Crippen LogP contribution in [0.1, 0.15) is 36.2 Å². The molecular weight excluding hydrogens is 332 g/mol. The van der Waals surface area contributed by atoms with Gasteiger partial charge in [-0.3, -0.25) is 14.5 Å². The number of nitrogens with one attached hydrogen (secondary N) is 1.